The van der Waals surface area contributed by atoms with Crippen LogP contribution in [0.4, 0.5) is 5.95 Å². The van der Waals surface area contributed by atoms with E-state index >= 15 is 0 Å². The van der Waals surface area contributed by atoms with Gasteiger partial charge < -0.3 is 5.32 Å². The maximum absolute atomic E-state index is 4.53. The predicted molar refractivity (Wildman–Crippen MR) is 81.3 cm³/mol. The standard InChI is InChI=1S/C15H16N6/c1-3-16-15-18-11(2)9-13(19-15)14-10-17-20-21(14)12-7-5-4-6-8-12/h4-10H,3H2,1-2H3,(H,16,18,19). The molecule has 0 saturated carbocycles. The van der Waals surface area contributed by atoms with Crippen LogP contribution in [0.5, 0.6) is 0 Å². The zero-order valence-corrected chi connectivity index (χ0v) is 12.0. The Hall–Kier alpha value is -2.76. The molecule has 6 heteroatoms. The molecule has 0 aliphatic rings. The second-order valence-electron chi connectivity index (χ2n) is 4.62. The van der Waals surface area contributed by atoms with E-state index in [4.69, 9.17) is 0 Å². The lowest BCUT2D eigenvalue weighted by molar-refractivity contribution is 0.805. The molecule has 2 aromatic heterocycles. The first-order valence-electron chi connectivity index (χ1n) is 6.84. The highest BCUT2D eigenvalue weighted by Gasteiger charge is 2.11. The molecule has 0 amide bonds. The minimum absolute atomic E-state index is 0.619. The number of aromatic nitrogens is 5. The van der Waals surface area contributed by atoms with Gasteiger partial charge in [0.15, 0.2) is 0 Å². The van der Waals surface area contributed by atoms with Crippen molar-refractivity contribution in [2.75, 3.05) is 11.9 Å². The molecule has 0 aliphatic heterocycles. The van der Waals surface area contributed by atoms with Gasteiger partial charge in [0.05, 0.1) is 17.6 Å². The molecule has 0 unspecified atom stereocenters. The Balaban J connectivity index is 2.08. The summed E-state index contributed by atoms with van der Waals surface area (Å²) < 4.78 is 1.78. The van der Waals surface area contributed by atoms with Gasteiger partial charge in [-0.3, -0.25) is 0 Å². The summed E-state index contributed by atoms with van der Waals surface area (Å²) in [5, 5.41) is 11.3. The van der Waals surface area contributed by atoms with Crippen LogP contribution in [-0.4, -0.2) is 31.5 Å². The summed E-state index contributed by atoms with van der Waals surface area (Å²) in [5.74, 6) is 0.619. The summed E-state index contributed by atoms with van der Waals surface area (Å²) in [6.45, 7) is 4.74. The fourth-order valence-electron chi connectivity index (χ4n) is 2.11. The lowest BCUT2D eigenvalue weighted by atomic mass is 10.2. The largest absolute Gasteiger partial charge is 0.354 e. The Bertz CT molecular complexity index is 735. The third-order valence-electron chi connectivity index (χ3n) is 3.00. The summed E-state index contributed by atoms with van der Waals surface area (Å²) in [5.41, 5.74) is 3.49. The molecule has 6 nitrogen and oxygen atoms in total. The Morgan fingerprint density at radius 1 is 1.14 bits per heavy atom. The molecule has 0 spiro atoms. The van der Waals surface area contributed by atoms with Gasteiger partial charge in [-0.05, 0) is 32.0 Å². The Kier molecular flexibility index (Phi) is 3.59. The van der Waals surface area contributed by atoms with Crippen LogP contribution in [0, 0.1) is 6.92 Å². The number of benzene rings is 1. The van der Waals surface area contributed by atoms with E-state index in [-0.39, 0.29) is 0 Å². The SMILES string of the molecule is CCNc1nc(C)cc(-c2cnnn2-c2ccccc2)n1. The average Bonchev–Trinajstić information content (AvgIpc) is 2.97. The van der Waals surface area contributed by atoms with Gasteiger partial charge in [0.2, 0.25) is 5.95 Å². The summed E-state index contributed by atoms with van der Waals surface area (Å²) in [6.07, 6.45) is 1.71. The van der Waals surface area contributed by atoms with Crippen LogP contribution in [0.1, 0.15) is 12.6 Å². The third-order valence-corrected chi connectivity index (χ3v) is 3.00. The summed E-state index contributed by atoms with van der Waals surface area (Å²) >= 11 is 0. The number of nitrogens with one attached hydrogen (secondary N) is 1. The molecule has 3 aromatic rings. The number of aryl methyl sites for hydroxylation is 1. The predicted octanol–water partition coefficient (Wildman–Crippen LogP) is 2.46. The molecule has 0 radical (unpaired) electrons. The molecule has 3 rings (SSSR count). The smallest absolute Gasteiger partial charge is 0.223 e. The highest BCUT2D eigenvalue weighted by atomic mass is 15.4. The van der Waals surface area contributed by atoms with Crippen LogP contribution < -0.4 is 5.32 Å². The van der Waals surface area contributed by atoms with E-state index in [0.717, 1.165) is 29.3 Å². The van der Waals surface area contributed by atoms with Gasteiger partial charge in [0.1, 0.15) is 5.69 Å². The maximum Gasteiger partial charge on any atom is 0.223 e. The van der Waals surface area contributed by atoms with Crippen molar-refractivity contribution in [3.8, 4) is 17.1 Å². The monoisotopic (exact) mass is 280 g/mol. The van der Waals surface area contributed by atoms with Gasteiger partial charge >= 0.3 is 0 Å². The van der Waals surface area contributed by atoms with Crippen molar-refractivity contribution in [2.24, 2.45) is 0 Å². The minimum atomic E-state index is 0.619. The van der Waals surface area contributed by atoms with Crippen LogP contribution in [0.25, 0.3) is 17.1 Å². The van der Waals surface area contributed by atoms with Gasteiger partial charge in [-0.25, -0.2) is 14.6 Å². The second kappa shape index (κ2) is 5.70. The first-order valence-corrected chi connectivity index (χ1v) is 6.84. The van der Waals surface area contributed by atoms with Crippen molar-refractivity contribution >= 4 is 5.95 Å². The molecule has 0 bridgehead atoms. The average molecular weight is 280 g/mol. The van der Waals surface area contributed by atoms with Gasteiger partial charge in [0.25, 0.3) is 0 Å². The summed E-state index contributed by atoms with van der Waals surface area (Å²) in [6, 6.07) is 11.8. The molecular weight excluding hydrogens is 264 g/mol. The van der Waals surface area contributed by atoms with Crippen LogP contribution in [0.15, 0.2) is 42.6 Å². The molecule has 0 saturated heterocycles. The highest BCUT2D eigenvalue weighted by Crippen LogP contribution is 2.21. The van der Waals surface area contributed by atoms with E-state index in [1.807, 2.05) is 50.2 Å². The molecule has 0 atom stereocenters. The van der Waals surface area contributed by atoms with Crippen LogP contribution in [0.2, 0.25) is 0 Å². The normalized spacial score (nSPS) is 10.6. The Morgan fingerprint density at radius 2 is 1.95 bits per heavy atom. The quantitative estimate of drug-likeness (QED) is 0.795. The van der Waals surface area contributed by atoms with Crippen LogP contribution >= 0.6 is 0 Å². The second-order valence-corrected chi connectivity index (χ2v) is 4.62. The first kappa shape index (κ1) is 13.2. The molecule has 0 aliphatic carbocycles. The van der Waals surface area contributed by atoms with Crippen molar-refractivity contribution in [2.45, 2.75) is 13.8 Å². The van der Waals surface area contributed by atoms with E-state index in [1.165, 1.54) is 0 Å². The number of hydrogen-bond donors (Lipinski definition) is 1. The van der Waals surface area contributed by atoms with E-state index in [1.54, 1.807) is 10.9 Å². The van der Waals surface area contributed by atoms with Gasteiger partial charge in [-0.15, -0.1) is 5.10 Å². The van der Waals surface area contributed by atoms with Crippen molar-refractivity contribution in [3.05, 3.63) is 48.3 Å². The van der Waals surface area contributed by atoms with E-state index in [2.05, 4.69) is 25.6 Å². The van der Waals surface area contributed by atoms with E-state index in [9.17, 15) is 0 Å². The number of rotatable bonds is 4. The van der Waals surface area contributed by atoms with Gasteiger partial charge in [-0.1, -0.05) is 23.4 Å². The van der Waals surface area contributed by atoms with E-state index in [0.29, 0.717) is 5.95 Å². The zero-order chi connectivity index (χ0) is 14.7. The summed E-state index contributed by atoms with van der Waals surface area (Å²) in [7, 11) is 0. The third kappa shape index (κ3) is 2.74. The molecule has 2 heterocycles. The molecule has 1 N–H and O–H groups in total. The number of nitrogens with zero attached hydrogens (tertiary/aromatic N) is 5. The number of para-hydroxylation sites is 1. The van der Waals surface area contributed by atoms with Crippen molar-refractivity contribution < 1.29 is 0 Å². The summed E-state index contributed by atoms with van der Waals surface area (Å²) in [4.78, 5) is 8.89. The fourth-order valence-corrected chi connectivity index (χ4v) is 2.11. The van der Waals surface area contributed by atoms with Crippen LogP contribution in [0.3, 0.4) is 0 Å². The maximum atomic E-state index is 4.53. The number of hydrogen-bond acceptors (Lipinski definition) is 5. The van der Waals surface area contributed by atoms with E-state index < -0.39 is 0 Å². The molecule has 106 valence electrons. The Morgan fingerprint density at radius 3 is 2.71 bits per heavy atom. The topological polar surface area (TPSA) is 68.5 Å². The molecule has 0 fully saturated rings. The van der Waals surface area contributed by atoms with Crippen molar-refractivity contribution in [3.63, 3.8) is 0 Å². The first-order chi connectivity index (χ1) is 10.3. The molecule has 21 heavy (non-hydrogen) atoms. The molecule has 1 aromatic carbocycles. The van der Waals surface area contributed by atoms with Gasteiger partial charge in [-0.2, -0.15) is 0 Å². The van der Waals surface area contributed by atoms with Crippen LogP contribution in [-0.2, 0) is 0 Å². The fraction of sp³-hybridized carbons (Fsp3) is 0.200. The lowest BCUT2D eigenvalue weighted by Gasteiger charge is -2.08. The number of anilines is 1. The highest BCUT2D eigenvalue weighted by molar-refractivity contribution is 5.58. The minimum Gasteiger partial charge on any atom is -0.354 e. The van der Waals surface area contributed by atoms with Crippen molar-refractivity contribution in [1.29, 1.82) is 0 Å². The molecular formula is C15H16N6. The van der Waals surface area contributed by atoms with Crippen molar-refractivity contribution in [1.82, 2.24) is 25.0 Å². The Labute approximate surface area is 122 Å². The lowest BCUT2D eigenvalue weighted by Crippen LogP contribution is -2.06. The zero-order valence-electron chi connectivity index (χ0n) is 12.0. The van der Waals surface area contributed by atoms with Gasteiger partial charge in [0, 0.05) is 12.2 Å².